The second kappa shape index (κ2) is 49.8. The average Bonchev–Trinajstić information content (AvgIpc) is 1.26. The number of carbonyl (C=O) groups is 14. The third-order valence-electron chi connectivity index (χ3n) is 25.4. The Bertz CT molecular complexity index is 5090. The van der Waals surface area contributed by atoms with Crippen LogP contribution in [0, 0.1) is 17.8 Å². The first-order chi connectivity index (χ1) is 64.5. The van der Waals surface area contributed by atoms with Crippen LogP contribution >= 0.6 is 11.8 Å². The zero-order valence-corrected chi connectivity index (χ0v) is 83.0. The van der Waals surface area contributed by atoms with Crippen LogP contribution in [0.4, 0.5) is 4.79 Å². The van der Waals surface area contributed by atoms with Crippen molar-refractivity contribution in [1.82, 2.24) is 65.8 Å². The average molecular weight is 1880 g/mol. The van der Waals surface area contributed by atoms with Crippen LogP contribution in [0.2, 0.25) is 0 Å². The summed E-state index contributed by atoms with van der Waals surface area (Å²) in [5.74, 6) is -9.53. The SMILES string of the molecule is CC(C)C[C@@H](C(=O)N(C)[C@H](C(=O)N[C@@H](Cc1ccccc1)C(=O)N[C@@H](CC(=O)SCc1ccccc1)C(=O)N(C)C(Cc1ccccc1)C(=O)N[C@@H](C)C(=O)N1CCCCC1)C(C)C)N(C)C(=O)CNC(=O)[C@H](Cc1ccccc1)N(C)C(=O)[C@H]([C@@H](C)OC(c1ccccc1)(c1ccccc1)c1ccccc1)N1C(=O)[C@@H](N(C)C(=O)[C@@H](NC(=O)[C@H](C)N(C)C(=O)OC(C)(C)C)C(C)C)CC1C. The van der Waals surface area contributed by atoms with Crippen LogP contribution < -0.4 is 26.6 Å². The summed E-state index contributed by atoms with van der Waals surface area (Å²) in [7, 11) is 8.55. The first-order valence-corrected chi connectivity index (χ1v) is 48.1. The van der Waals surface area contributed by atoms with Gasteiger partial charge in [0.15, 0.2) is 5.12 Å². The number of nitrogens with zero attached hydrogens (tertiary/aromatic N) is 8. The van der Waals surface area contributed by atoms with E-state index in [9.17, 15) is 24.0 Å². The lowest BCUT2D eigenvalue weighted by Gasteiger charge is -2.44. The monoisotopic (exact) mass is 1880 g/mol. The molecule has 30 heteroatoms. The molecule has 7 aromatic carbocycles. The molecule has 29 nitrogen and oxygen atoms in total. The van der Waals surface area contributed by atoms with Gasteiger partial charge in [-0.05, 0) is 137 Å². The minimum Gasteiger partial charge on any atom is -0.444 e. The van der Waals surface area contributed by atoms with Gasteiger partial charge in [0.2, 0.25) is 70.9 Å². The van der Waals surface area contributed by atoms with E-state index in [4.69, 9.17) is 9.47 Å². The van der Waals surface area contributed by atoms with Crippen LogP contribution in [-0.2, 0) is 102 Å². The third-order valence-corrected chi connectivity index (χ3v) is 26.4. The molecule has 13 amide bonds. The van der Waals surface area contributed by atoms with E-state index in [0.29, 0.717) is 46.5 Å². The smallest absolute Gasteiger partial charge is 0.410 e. The fraction of sp³-hybridized carbons (Fsp3) is 0.472. The Morgan fingerprint density at radius 2 is 0.919 bits per heavy atom. The van der Waals surface area contributed by atoms with Crippen molar-refractivity contribution in [3.05, 3.63) is 251 Å². The second-order valence-corrected chi connectivity index (χ2v) is 39.0. The summed E-state index contributed by atoms with van der Waals surface area (Å²) >= 11 is 0.936. The van der Waals surface area contributed by atoms with E-state index < -0.39 is 191 Å². The number of benzene rings is 7. The summed E-state index contributed by atoms with van der Waals surface area (Å²) < 4.78 is 13.2. The Labute approximate surface area is 806 Å². The summed E-state index contributed by atoms with van der Waals surface area (Å²) in [5, 5.41) is 13.8. The van der Waals surface area contributed by atoms with Crippen molar-refractivity contribution in [3.63, 3.8) is 0 Å². The van der Waals surface area contributed by atoms with Crippen molar-refractivity contribution in [2.45, 2.75) is 243 Å². The molecule has 0 radical (unpaired) electrons. The number of ether oxygens (including phenoxy) is 2. The topological polar surface area (TPSA) is 344 Å². The second-order valence-electron chi connectivity index (χ2n) is 37.9. The van der Waals surface area contributed by atoms with Gasteiger partial charge in [-0.25, -0.2) is 4.79 Å². The molecule has 730 valence electrons. The highest BCUT2D eigenvalue weighted by atomic mass is 32.2. The van der Waals surface area contributed by atoms with Gasteiger partial charge in [-0.15, -0.1) is 0 Å². The van der Waals surface area contributed by atoms with E-state index in [1.165, 1.54) is 78.6 Å². The van der Waals surface area contributed by atoms with Gasteiger partial charge in [0, 0.05) is 92.9 Å². The van der Waals surface area contributed by atoms with E-state index in [-0.39, 0.29) is 49.7 Å². The quantitative estimate of drug-likeness (QED) is 0.0222. The van der Waals surface area contributed by atoms with Crippen LogP contribution in [0.3, 0.4) is 0 Å². The normalized spacial score (nSPS) is 16.4. The molecular weight excluding hydrogens is 1740 g/mol. The Hall–Kier alpha value is -12.6. The van der Waals surface area contributed by atoms with Crippen molar-refractivity contribution >= 4 is 93.9 Å². The lowest BCUT2D eigenvalue weighted by Crippen LogP contribution is -2.62. The molecule has 2 aliphatic heterocycles. The number of likely N-dealkylation sites (N-methyl/N-ethyl adjacent to an activating group) is 6. The first kappa shape index (κ1) is 107. The van der Waals surface area contributed by atoms with E-state index >= 15 is 43.2 Å². The highest BCUT2D eigenvalue weighted by Crippen LogP contribution is 2.43. The van der Waals surface area contributed by atoms with Gasteiger partial charge in [0.05, 0.1) is 12.6 Å². The predicted octanol–water partition coefficient (Wildman–Crippen LogP) is 10.8. The number of likely N-dealkylation sites (tertiary alicyclic amines) is 2. The predicted molar refractivity (Wildman–Crippen MR) is 524 cm³/mol. The summed E-state index contributed by atoms with van der Waals surface area (Å²) in [4.78, 5) is 221. The summed E-state index contributed by atoms with van der Waals surface area (Å²) in [5.41, 5.74) is 2.34. The van der Waals surface area contributed by atoms with Crippen molar-refractivity contribution in [1.29, 1.82) is 0 Å². The fourth-order valence-electron chi connectivity index (χ4n) is 17.6. The number of hydrogen-bond acceptors (Lipinski definition) is 17. The number of rotatable bonds is 43. The molecule has 2 fully saturated rings. The van der Waals surface area contributed by atoms with Gasteiger partial charge >= 0.3 is 6.09 Å². The number of carbonyl (C=O) groups excluding carboxylic acids is 14. The molecule has 2 heterocycles. The minimum absolute atomic E-state index is 0.00381. The van der Waals surface area contributed by atoms with Gasteiger partial charge in [0.25, 0.3) is 0 Å². The number of amides is 13. The molecule has 5 N–H and O–H groups in total. The molecule has 0 spiro atoms. The highest BCUT2D eigenvalue weighted by Gasteiger charge is 2.53. The van der Waals surface area contributed by atoms with Gasteiger partial charge in [-0.1, -0.05) is 266 Å². The van der Waals surface area contributed by atoms with E-state index in [1.807, 2.05) is 141 Å². The zero-order valence-electron chi connectivity index (χ0n) is 82.2. The van der Waals surface area contributed by atoms with Crippen LogP contribution in [0.25, 0.3) is 0 Å². The van der Waals surface area contributed by atoms with Crippen LogP contribution in [0.15, 0.2) is 212 Å². The molecule has 2 aliphatic rings. The Morgan fingerprint density at radius 3 is 1.39 bits per heavy atom. The molecular formula is C106H139N13O16S. The maximum absolute atomic E-state index is 16.7. The maximum Gasteiger partial charge on any atom is 0.410 e. The first-order valence-electron chi connectivity index (χ1n) is 47.1. The summed E-state index contributed by atoms with van der Waals surface area (Å²) in [6, 6.07) is 48.8. The van der Waals surface area contributed by atoms with Crippen LogP contribution in [-0.4, -0.2) is 267 Å². The van der Waals surface area contributed by atoms with E-state index in [2.05, 4.69) is 26.6 Å². The van der Waals surface area contributed by atoms with Crippen molar-refractivity contribution in [3.8, 4) is 0 Å². The molecule has 0 bridgehead atoms. The molecule has 13 atom stereocenters. The van der Waals surface area contributed by atoms with Crippen LogP contribution in [0.5, 0.6) is 0 Å². The highest BCUT2D eigenvalue weighted by molar-refractivity contribution is 8.12. The molecule has 0 aromatic heterocycles. The third kappa shape index (κ3) is 28.3. The van der Waals surface area contributed by atoms with Crippen LogP contribution in [0.1, 0.15) is 167 Å². The largest absolute Gasteiger partial charge is 0.444 e. The molecule has 7 aromatic rings. The van der Waals surface area contributed by atoms with Gasteiger partial charge in [-0.2, -0.15) is 0 Å². The molecule has 9 rings (SSSR count). The zero-order chi connectivity index (χ0) is 99.6. The van der Waals surface area contributed by atoms with Gasteiger partial charge < -0.3 is 70.4 Å². The Kier molecular flexibility index (Phi) is 39.2. The molecule has 2 unspecified atom stereocenters. The van der Waals surface area contributed by atoms with Gasteiger partial charge in [-0.3, -0.25) is 67.2 Å². The Morgan fingerprint density at radius 1 is 0.463 bits per heavy atom. The number of piperidine rings is 1. The minimum atomic E-state index is -1.62. The number of nitrogens with one attached hydrogen (secondary N) is 5. The number of hydrogen-bond donors (Lipinski definition) is 5. The van der Waals surface area contributed by atoms with E-state index in [0.717, 1.165) is 41.5 Å². The van der Waals surface area contributed by atoms with Gasteiger partial charge in [0.1, 0.15) is 77.7 Å². The standard InChI is InChI=1S/C106H139N13O16S/c1-68(2)60-86(100(129)117(19)91(70(5)6)97(126)109-82(62-75-44-28-20-29-45-75)94(123)110-83(65-89(121)136-67-78-50-34-23-35-51-78)99(128)114(16)85(64-77-48-32-22-33-49-77)96(125)108-72(8)98(127)118-58-42-27-43-59-118)113(15)88(120)66-107-95(124)84(63-76-46-30-21-31-47-76)115(17)103(132)92(74(10)134-106(79-52-36-24-37-53-79,80-54-38-25-39-55-80)81-56-40-26-41-57-81)119-71(7)61-87(101(119)130)116(18)102(131)90(69(3)4)111-93(122)73(9)112(14)104(133)135-105(11,12)13/h20-26,28-41,44-57,68-74,82-87,90-92H,27,42-43,58-67H2,1-19H3,(H,107,124)(H,108,125)(H,109,126)(H,110,123)(H,111,122)/t71?,72-,73-,74+,82-,83-,84-,85?,86-,87-,90-,91-,92-/m0/s1. The fourth-order valence-corrected chi connectivity index (χ4v) is 18.4. The molecule has 136 heavy (non-hydrogen) atoms. The number of thioether (sulfide) groups is 1. The van der Waals surface area contributed by atoms with Crippen molar-refractivity contribution in [2.24, 2.45) is 17.8 Å². The van der Waals surface area contributed by atoms with Crippen molar-refractivity contribution in [2.75, 3.05) is 61.9 Å². The summed E-state index contributed by atoms with van der Waals surface area (Å²) in [6.45, 7) is 22.6. The lowest BCUT2D eigenvalue weighted by atomic mass is 9.79. The Balaban J connectivity index is 0.999. The lowest BCUT2D eigenvalue weighted by molar-refractivity contribution is -0.160. The molecule has 2 saturated heterocycles. The van der Waals surface area contributed by atoms with Crippen molar-refractivity contribution < 1.29 is 76.6 Å². The maximum atomic E-state index is 16.7. The molecule has 0 aliphatic carbocycles. The summed E-state index contributed by atoms with van der Waals surface area (Å²) in [6.07, 6.45) is -0.210. The molecule has 0 saturated carbocycles. The van der Waals surface area contributed by atoms with E-state index in [1.54, 1.807) is 159 Å².